The largest absolute Gasteiger partial charge is 0.454 e. The molecule has 0 spiro atoms. The Morgan fingerprint density at radius 2 is 1.36 bits per heavy atom. The van der Waals surface area contributed by atoms with Gasteiger partial charge in [-0.2, -0.15) is 0 Å². The summed E-state index contributed by atoms with van der Waals surface area (Å²) < 4.78 is 7.04. The molecule has 0 saturated carbocycles. The number of ether oxygens (including phenoxy) is 1. The van der Waals surface area contributed by atoms with Crippen LogP contribution in [0.15, 0.2) is 77.6 Å². The number of carbonyl (C=O) groups excluding carboxylic acids is 2. The highest BCUT2D eigenvalue weighted by Crippen LogP contribution is 2.22. The van der Waals surface area contributed by atoms with E-state index >= 15 is 0 Å². The number of fused-ring (bicyclic) bond motifs is 2. The predicted molar refractivity (Wildman–Crippen MR) is 142 cm³/mol. The zero-order valence-electron chi connectivity index (χ0n) is 20.1. The van der Waals surface area contributed by atoms with E-state index in [2.05, 4.69) is 10.2 Å². The minimum absolute atomic E-state index is 0.0768. The van der Waals surface area contributed by atoms with Crippen LogP contribution in [0.5, 0.6) is 0 Å². The van der Waals surface area contributed by atoms with Gasteiger partial charge in [0, 0.05) is 35.2 Å². The minimum atomic E-state index is -0.555. The molecule has 7 nitrogen and oxygen atoms in total. The second-order valence-electron chi connectivity index (χ2n) is 9.11. The first-order valence-electron chi connectivity index (χ1n) is 12.4. The monoisotopic (exact) mass is 483 g/mol. The Morgan fingerprint density at radius 3 is 1.97 bits per heavy atom. The van der Waals surface area contributed by atoms with Crippen molar-refractivity contribution in [3.05, 3.63) is 83.0 Å². The first-order chi connectivity index (χ1) is 17.6. The SMILES string of the molecule is O=C(COC(=O)Cn1c2ccccc2c(=O)c2ccccc21)Nc1ccc(N2CCCCCC2)cc1. The fourth-order valence-corrected chi connectivity index (χ4v) is 4.85. The zero-order chi connectivity index (χ0) is 24.9. The highest BCUT2D eigenvalue weighted by molar-refractivity contribution is 5.95. The third-order valence-corrected chi connectivity index (χ3v) is 6.65. The third kappa shape index (κ3) is 5.10. The molecule has 1 aliphatic rings. The number of amides is 1. The molecule has 5 rings (SSSR count). The standard InChI is InChI=1S/C29H29N3O4/c33-27(30-21-13-15-22(16-14-21)31-17-7-1-2-8-18-31)20-36-28(34)19-32-25-11-5-3-9-23(25)29(35)24-10-4-6-12-26(24)32/h3-6,9-16H,1-2,7-8,17-20H2,(H,30,33). The van der Waals surface area contributed by atoms with E-state index in [-0.39, 0.29) is 18.6 Å². The molecule has 0 aliphatic carbocycles. The summed E-state index contributed by atoms with van der Waals surface area (Å²) in [5, 5.41) is 3.85. The van der Waals surface area contributed by atoms with Gasteiger partial charge < -0.3 is 19.5 Å². The summed E-state index contributed by atoms with van der Waals surface area (Å²) in [5.41, 5.74) is 3.03. The second kappa shape index (κ2) is 10.6. The predicted octanol–water partition coefficient (Wildman–Crippen LogP) is 4.72. The van der Waals surface area contributed by atoms with Crippen LogP contribution in [0.2, 0.25) is 0 Å². The van der Waals surface area contributed by atoms with Crippen molar-refractivity contribution < 1.29 is 14.3 Å². The van der Waals surface area contributed by atoms with E-state index < -0.39 is 11.9 Å². The molecule has 1 saturated heterocycles. The van der Waals surface area contributed by atoms with Crippen molar-refractivity contribution in [2.45, 2.75) is 32.2 Å². The Kier molecular flexibility index (Phi) is 6.98. The molecule has 1 amide bonds. The van der Waals surface area contributed by atoms with Gasteiger partial charge in [-0.1, -0.05) is 37.1 Å². The molecule has 7 heteroatoms. The number of carbonyl (C=O) groups is 2. The number of nitrogens with one attached hydrogen (secondary N) is 1. The Hall–Kier alpha value is -4.13. The van der Waals surface area contributed by atoms with Crippen molar-refractivity contribution in [1.29, 1.82) is 0 Å². The summed E-state index contributed by atoms with van der Waals surface area (Å²) in [6.45, 7) is 1.62. The van der Waals surface area contributed by atoms with Crippen molar-refractivity contribution >= 4 is 45.1 Å². The number of benzene rings is 3. The Morgan fingerprint density at radius 1 is 0.778 bits per heavy atom. The minimum Gasteiger partial charge on any atom is -0.454 e. The van der Waals surface area contributed by atoms with Crippen molar-refractivity contribution in [3.8, 4) is 0 Å². The molecular weight excluding hydrogens is 454 g/mol. The maximum absolute atomic E-state index is 12.9. The lowest BCUT2D eigenvalue weighted by Gasteiger charge is -2.22. The van der Waals surface area contributed by atoms with Gasteiger partial charge in [-0.15, -0.1) is 0 Å². The van der Waals surface area contributed by atoms with Gasteiger partial charge in [-0.3, -0.25) is 14.4 Å². The van der Waals surface area contributed by atoms with Crippen LogP contribution >= 0.6 is 0 Å². The van der Waals surface area contributed by atoms with Crippen LogP contribution in [0.4, 0.5) is 11.4 Å². The first kappa shape index (κ1) is 23.6. The van der Waals surface area contributed by atoms with Crippen LogP contribution in [0.25, 0.3) is 21.8 Å². The summed E-state index contributed by atoms with van der Waals surface area (Å²) in [7, 11) is 0. The Balaban J connectivity index is 1.22. The lowest BCUT2D eigenvalue weighted by Crippen LogP contribution is -2.24. The molecule has 1 fully saturated rings. The van der Waals surface area contributed by atoms with Gasteiger partial charge in [0.15, 0.2) is 12.0 Å². The second-order valence-corrected chi connectivity index (χ2v) is 9.11. The van der Waals surface area contributed by atoms with Gasteiger partial charge in [-0.25, -0.2) is 0 Å². The van der Waals surface area contributed by atoms with E-state index in [1.165, 1.54) is 25.7 Å². The van der Waals surface area contributed by atoms with Gasteiger partial charge in [0.05, 0.1) is 11.0 Å². The van der Waals surface area contributed by atoms with Crippen LogP contribution in [0, 0.1) is 0 Å². The number of aromatic nitrogens is 1. The zero-order valence-corrected chi connectivity index (χ0v) is 20.1. The summed E-state index contributed by atoms with van der Waals surface area (Å²) in [6, 6.07) is 22.1. The average molecular weight is 484 g/mol. The molecule has 36 heavy (non-hydrogen) atoms. The maximum Gasteiger partial charge on any atom is 0.326 e. The summed E-state index contributed by atoms with van der Waals surface area (Å²) in [4.78, 5) is 40.3. The van der Waals surface area contributed by atoms with Gasteiger partial charge in [0.1, 0.15) is 6.54 Å². The van der Waals surface area contributed by atoms with E-state index in [9.17, 15) is 14.4 Å². The number of hydrogen-bond acceptors (Lipinski definition) is 5. The molecule has 1 aliphatic heterocycles. The number of pyridine rings is 1. The van der Waals surface area contributed by atoms with Crippen LogP contribution in [-0.4, -0.2) is 36.1 Å². The fraction of sp³-hybridized carbons (Fsp3) is 0.276. The average Bonchev–Trinajstić information content (AvgIpc) is 3.20. The highest BCUT2D eigenvalue weighted by atomic mass is 16.5. The number of esters is 1. The molecule has 1 aromatic heterocycles. The summed E-state index contributed by atoms with van der Waals surface area (Å²) in [6.07, 6.45) is 4.96. The molecule has 3 aromatic carbocycles. The maximum atomic E-state index is 12.9. The van der Waals surface area contributed by atoms with Crippen molar-refractivity contribution in [2.75, 3.05) is 29.9 Å². The van der Waals surface area contributed by atoms with E-state index in [0.29, 0.717) is 27.5 Å². The van der Waals surface area contributed by atoms with Crippen LogP contribution in [0.3, 0.4) is 0 Å². The Bertz CT molecular complexity index is 1390. The number of hydrogen-bond donors (Lipinski definition) is 1. The van der Waals surface area contributed by atoms with Crippen LogP contribution in [-0.2, 0) is 20.9 Å². The number of nitrogens with zero attached hydrogens (tertiary/aromatic N) is 2. The van der Waals surface area contributed by atoms with Gasteiger partial charge in [0.25, 0.3) is 5.91 Å². The smallest absolute Gasteiger partial charge is 0.326 e. The lowest BCUT2D eigenvalue weighted by molar-refractivity contribution is -0.147. The van der Waals surface area contributed by atoms with E-state index in [0.717, 1.165) is 18.8 Å². The van der Waals surface area contributed by atoms with Gasteiger partial charge >= 0.3 is 5.97 Å². The first-order valence-corrected chi connectivity index (χ1v) is 12.4. The lowest BCUT2D eigenvalue weighted by atomic mass is 10.1. The molecule has 184 valence electrons. The summed E-state index contributed by atoms with van der Waals surface area (Å²) >= 11 is 0. The van der Waals surface area contributed by atoms with Crippen molar-refractivity contribution in [1.82, 2.24) is 4.57 Å². The number of rotatable bonds is 6. The quantitative estimate of drug-likeness (QED) is 0.317. The molecule has 4 aromatic rings. The van der Waals surface area contributed by atoms with E-state index in [4.69, 9.17) is 4.74 Å². The van der Waals surface area contributed by atoms with E-state index in [1.807, 2.05) is 36.4 Å². The van der Waals surface area contributed by atoms with Crippen LogP contribution in [0.1, 0.15) is 25.7 Å². The number of anilines is 2. The molecule has 0 atom stereocenters. The van der Waals surface area contributed by atoms with Gasteiger partial charge in [-0.05, 0) is 61.4 Å². The van der Waals surface area contributed by atoms with E-state index in [1.54, 1.807) is 41.0 Å². The molecule has 0 unspecified atom stereocenters. The molecule has 0 radical (unpaired) electrons. The van der Waals surface area contributed by atoms with Gasteiger partial charge in [0.2, 0.25) is 0 Å². The van der Waals surface area contributed by atoms with Crippen molar-refractivity contribution in [2.24, 2.45) is 0 Å². The number of para-hydroxylation sites is 2. The molecule has 0 bridgehead atoms. The third-order valence-electron chi connectivity index (χ3n) is 6.65. The molecule has 1 N–H and O–H groups in total. The molecular formula is C29H29N3O4. The van der Waals surface area contributed by atoms with Crippen LogP contribution < -0.4 is 15.6 Å². The van der Waals surface area contributed by atoms with Crippen molar-refractivity contribution in [3.63, 3.8) is 0 Å². The fourth-order valence-electron chi connectivity index (χ4n) is 4.85. The topological polar surface area (TPSA) is 80.6 Å². The Labute approximate surface area is 209 Å². The highest BCUT2D eigenvalue weighted by Gasteiger charge is 2.15. The molecule has 2 heterocycles. The normalized spacial score (nSPS) is 13.9. The summed E-state index contributed by atoms with van der Waals surface area (Å²) in [5.74, 6) is -0.957.